The van der Waals surface area contributed by atoms with Crippen LogP contribution in [0.4, 0.5) is 4.39 Å². The standard InChI is InChI=1S/C5H3FNO/c6-4-1-2-5(8)7-3-4/h1,3H,(H,7,8). The summed E-state index contributed by atoms with van der Waals surface area (Å²) in [7, 11) is 0. The van der Waals surface area contributed by atoms with Crippen molar-refractivity contribution >= 4 is 0 Å². The van der Waals surface area contributed by atoms with Gasteiger partial charge < -0.3 is 4.98 Å². The van der Waals surface area contributed by atoms with E-state index >= 15 is 0 Å². The molecule has 0 atom stereocenters. The van der Waals surface area contributed by atoms with Crippen LogP contribution in [-0.2, 0) is 0 Å². The second kappa shape index (κ2) is 1.78. The SMILES string of the molecule is O=c1[c]cc(F)c[nH]1. The van der Waals surface area contributed by atoms with Gasteiger partial charge in [0, 0.05) is 6.20 Å². The minimum absolute atomic E-state index is 0.411. The largest absolute Gasteiger partial charge is 0.326 e. The molecule has 0 unspecified atom stereocenters. The average Bonchev–Trinajstić information content (AvgIpc) is 1.77. The lowest BCUT2D eigenvalue weighted by molar-refractivity contribution is 0.619. The molecule has 41 valence electrons. The summed E-state index contributed by atoms with van der Waals surface area (Å²) in [5, 5.41) is 0. The number of aromatic amines is 1. The summed E-state index contributed by atoms with van der Waals surface area (Å²) in [5.41, 5.74) is -0.411. The topological polar surface area (TPSA) is 32.9 Å². The number of hydrogen-bond donors (Lipinski definition) is 1. The highest BCUT2D eigenvalue weighted by Crippen LogP contribution is 1.84. The summed E-state index contributed by atoms with van der Waals surface area (Å²) in [6.07, 6.45) is 0.985. The fourth-order valence-electron chi connectivity index (χ4n) is 0.352. The Bertz CT molecular complexity index is 210. The van der Waals surface area contributed by atoms with Gasteiger partial charge in [-0.2, -0.15) is 0 Å². The monoisotopic (exact) mass is 112 g/mol. The molecule has 0 amide bonds. The molecule has 1 aromatic heterocycles. The highest BCUT2D eigenvalue weighted by Gasteiger charge is 1.83. The van der Waals surface area contributed by atoms with Gasteiger partial charge in [-0.3, -0.25) is 4.79 Å². The van der Waals surface area contributed by atoms with E-state index in [1.807, 2.05) is 0 Å². The lowest BCUT2D eigenvalue weighted by atomic mass is 10.5. The maximum absolute atomic E-state index is 11.9. The fourth-order valence-corrected chi connectivity index (χ4v) is 0.352. The van der Waals surface area contributed by atoms with E-state index in [1.165, 1.54) is 0 Å². The van der Waals surface area contributed by atoms with Gasteiger partial charge in [-0.15, -0.1) is 0 Å². The van der Waals surface area contributed by atoms with E-state index in [4.69, 9.17) is 0 Å². The summed E-state index contributed by atoms with van der Waals surface area (Å²) in [6, 6.07) is 3.10. The maximum atomic E-state index is 11.9. The Hall–Kier alpha value is -1.12. The number of rotatable bonds is 0. The van der Waals surface area contributed by atoms with Gasteiger partial charge in [0.05, 0.1) is 6.07 Å². The van der Waals surface area contributed by atoms with Crippen LogP contribution in [0.2, 0.25) is 0 Å². The van der Waals surface area contributed by atoms with Crippen molar-refractivity contribution in [1.29, 1.82) is 0 Å². The van der Waals surface area contributed by atoms with Gasteiger partial charge in [-0.25, -0.2) is 4.39 Å². The van der Waals surface area contributed by atoms with E-state index in [2.05, 4.69) is 11.1 Å². The first-order chi connectivity index (χ1) is 3.79. The zero-order valence-corrected chi connectivity index (χ0v) is 3.94. The van der Waals surface area contributed by atoms with Crippen molar-refractivity contribution in [3.8, 4) is 0 Å². The fraction of sp³-hybridized carbons (Fsp3) is 0. The Morgan fingerprint density at radius 3 is 2.88 bits per heavy atom. The molecule has 0 aromatic carbocycles. The minimum Gasteiger partial charge on any atom is -0.326 e. The first kappa shape index (κ1) is 5.03. The quantitative estimate of drug-likeness (QED) is 0.515. The predicted molar refractivity (Wildman–Crippen MR) is 25.9 cm³/mol. The number of hydrogen-bond acceptors (Lipinski definition) is 1. The van der Waals surface area contributed by atoms with Gasteiger partial charge in [0.2, 0.25) is 0 Å². The van der Waals surface area contributed by atoms with Gasteiger partial charge in [-0.1, -0.05) is 0 Å². The van der Waals surface area contributed by atoms with E-state index in [1.54, 1.807) is 0 Å². The molecular formula is C5H3FNO. The van der Waals surface area contributed by atoms with Crippen LogP contribution in [0.3, 0.4) is 0 Å². The van der Waals surface area contributed by atoms with Crippen LogP contribution < -0.4 is 5.56 Å². The molecule has 1 N–H and O–H groups in total. The normalized spacial score (nSPS) is 9.12. The number of nitrogens with one attached hydrogen (secondary N) is 1. The Kier molecular flexibility index (Phi) is 1.12. The van der Waals surface area contributed by atoms with Crippen molar-refractivity contribution in [3.05, 3.63) is 34.5 Å². The zero-order valence-electron chi connectivity index (χ0n) is 3.94. The van der Waals surface area contributed by atoms with Crippen LogP contribution in [-0.4, -0.2) is 4.98 Å². The first-order valence-corrected chi connectivity index (χ1v) is 2.05. The summed E-state index contributed by atoms with van der Waals surface area (Å²) >= 11 is 0. The molecule has 0 fully saturated rings. The Balaban J connectivity index is 3.22. The third-order valence-corrected chi connectivity index (χ3v) is 0.682. The smallest absolute Gasteiger partial charge is 0.256 e. The van der Waals surface area contributed by atoms with E-state index < -0.39 is 11.4 Å². The van der Waals surface area contributed by atoms with Gasteiger partial charge in [-0.05, 0) is 6.07 Å². The first-order valence-electron chi connectivity index (χ1n) is 2.05. The number of aromatic nitrogens is 1. The lowest BCUT2D eigenvalue weighted by Gasteiger charge is -1.79. The molecule has 0 aliphatic rings. The number of H-pyrrole nitrogens is 1. The Morgan fingerprint density at radius 2 is 2.50 bits per heavy atom. The van der Waals surface area contributed by atoms with Gasteiger partial charge >= 0.3 is 0 Å². The summed E-state index contributed by atoms with van der Waals surface area (Å²) in [4.78, 5) is 12.3. The van der Waals surface area contributed by atoms with Crippen molar-refractivity contribution in [2.24, 2.45) is 0 Å². The molecule has 0 aliphatic carbocycles. The maximum Gasteiger partial charge on any atom is 0.256 e. The molecule has 0 saturated heterocycles. The molecule has 2 nitrogen and oxygen atoms in total. The molecule has 1 aromatic rings. The van der Waals surface area contributed by atoms with E-state index in [-0.39, 0.29) is 0 Å². The van der Waals surface area contributed by atoms with Crippen LogP contribution in [0, 0.1) is 11.9 Å². The van der Waals surface area contributed by atoms with Crippen LogP contribution in [0.25, 0.3) is 0 Å². The average molecular weight is 112 g/mol. The van der Waals surface area contributed by atoms with Crippen LogP contribution in [0.1, 0.15) is 0 Å². The van der Waals surface area contributed by atoms with Crippen LogP contribution >= 0.6 is 0 Å². The third-order valence-electron chi connectivity index (χ3n) is 0.682. The second-order valence-electron chi connectivity index (χ2n) is 1.29. The second-order valence-corrected chi connectivity index (χ2v) is 1.29. The van der Waals surface area contributed by atoms with E-state index in [9.17, 15) is 9.18 Å². The van der Waals surface area contributed by atoms with Crippen molar-refractivity contribution in [3.63, 3.8) is 0 Å². The molecule has 1 radical (unpaired) electrons. The molecular weight excluding hydrogens is 109 g/mol. The van der Waals surface area contributed by atoms with Crippen LogP contribution in [0.15, 0.2) is 17.1 Å². The van der Waals surface area contributed by atoms with Gasteiger partial charge in [0.15, 0.2) is 0 Å². The molecule has 1 rings (SSSR count). The third kappa shape index (κ3) is 0.932. The van der Waals surface area contributed by atoms with E-state index in [0.29, 0.717) is 0 Å². The number of pyridine rings is 1. The van der Waals surface area contributed by atoms with Crippen molar-refractivity contribution < 1.29 is 4.39 Å². The molecule has 3 heteroatoms. The Labute approximate surface area is 45.0 Å². The minimum atomic E-state index is -0.482. The molecule has 0 bridgehead atoms. The summed E-state index contributed by atoms with van der Waals surface area (Å²) < 4.78 is 11.9. The molecule has 1 heterocycles. The zero-order chi connectivity index (χ0) is 5.98. The molecule has 0 saturated carbocycles. The van der Waals surface area contributed by atoms with Crippen molar-refractivity contribution in [1.82, 2.24) is 4.98 Å². The van der Waals surface area contributed by atoms with Gasteiger partial charge in [0.1, 0.15) is 5.82 Å². The lowest BCUT2D eigenvalue weighted by Crippen LogP contribution is -2.02. The highest BCUT2D eigenvalue weighted by molar-refractivity contribution is 4.91. The highest BCUT2D eigenvalue weighted by atomic mass is 19.1. The molecule has 0 aliphatic heterocycles. The van der Waals surface area contributed by atoms with Crippen molar-refractivity contribution in [2.45, 2.75) is 0 Å². The summed E-state index contributed by atoms with van der Waals surface area (Å²) in [5.74, 6) is -0.482. The predicted octanol–water partition coefficient (Wildman–Crippen LogP) is 0.314. The van der Waals surface area contributed by atoms with Gasteiger partial charge in [0.25, 0.3) is 5.56 Å². The Morgan fingerprint density at radius 1 is 1.75 bits per heavy atom. The van der Waals surface area contributed by atoms with Crippen LogP contribution in [0.5, 0.6) is 0 Å². The van der Waals surface area contributed by atoms with E-state index in [0.717, 1.165) is 12.3 Å². The molecule has 0 spiro atoms. The summed E-state index contributed by atoms with van der Waals surface area (Å²) in [6.45, 7) is 0. The molecule has 8 heavy (non-hydrogen) atoms. The number of halogens is 1. The van der Waals surface area contributed by atoms with Crippen molar-refractivity contribution in [2.75, 3.05) is 0 Å².